The lowest BCUT2D eigenvalue weighted by atomic mass is 9.96. The van der Waals surface area contributed by atoms with Crippen molar-refractivity contribution < 1.29 is 13.2 Å². The molecule has 2 aromatic carbocycles. The van der Waals surface area contributed by atoms with Gasteiger partial charge in [-0.15, -0.1) is 11.3 Å². The molecule has 2 heterocycles. The number of carbonyl (C=O) groups is 1. The summed E-state index contributed by atoms with van der Waals surface area (Å²) in [6, 6.07) is 19.0. The maximum Gasteiger partial charge on any atom is 0.243 e. The summed E-state index contributed by atoms with van der Waals surface area (Å²) < 4.78 is 27.7. The normalized spacial score (nSPS) is 16.6. The van der Waals surface area contributed by atoms with Gasteiger partial charge in [0.2, 0.25) is 15.9 Å². The van der Waals surface area contributed by atoms with E-state index < -0.39 is 10.0 Å². The minimum atomic E-state index is -3.55. The molecule has 0 saturated carbocycles. The van der Waals surface area contributed by atoms with Crippen LogP contribution in [0.5, 0.6) is 0 Å². The molecular weight excluding hydrogens is 440 g/mol. The van der Waals surface area contributed by atoms with Crippen molar-refractivity contribution in [2.75, 3.05) is 13.1 Å². The zero-order valence-corrected chi connectivity index (χ0v) is 20.0. The molecule has 1 fully saturated rings. The van der Waals surface area contributed by atoms with Crippen molar-refractivity contribution in [1.29, 1.82) is 0 Å². The molecule has 32 heavy (non-hydrogen) atoms. The van der Waals surface area contributed by atoms with Gasteiger partial charge in [-0.1, -0.05) is 42.5 Å². The van der Waals surface area contributed by atoms with Gasteiger partial charge in [-0.2, -0.15) is 4.31 Å². The first-order valence-corrected chi connectivity index (χ1v) is 13.1. The van der Waals surface area contributed by atoms with Crippen molar-refractivity contribution in [2.45, 2.75) is 37.6 Å². The number of rotatable bonds is 6. The first kappa shape index (κ1) is 22.7. The Morgan fingerprint density at radius 2 is 1.72 bits per heavy atom. The van der Waals surface area contributed by atoms with Crippen molar-refractivity contribution in [3.8, 4) is 0 Å². The Hall–Kier alpha value is -2.48. The van der Waals surface area contributed by atoms with Gasteiger partial charge in [0.15, 0.2) is 0 Å². The predicted molar refractivity (Wildman–Crippen MR) is 128 cm³/mol. The molecular formula is C25H28N2O3S2. The Balaban J connectivity index is 1.43. The third-order valence-corrected chi connectivity index (χ3v) is 9.02. The average molecular weight is 469 g/mol. The second-order valence-corrected chi connectivity index (χ2v) is 11.2. The fourth-order valence-corrected chi connectivity index (χ4v) is 6.42. The van der Waals surface area contributed by atoms with Gasteiger partial charge >= 0.3 is 0 Å². The Labute approximate surface area is 194 Å². The van der Waals surface area contributed by atoms with Gasteiger partial charge in [0.25, 0.3) is 0 Å². The highest BCUT2D eigenvalue weighted by molar-refractivity contribution is 7.89. The summed E-state index contributed by atoms with van der Waals surface area (Å²) in [5.74, 6) is -0.220. The molecule has 0 aliphatic carbocycles. The van der Waals surface area contributed by atoms with Crippen LogP contribution in [-0.4, -0.2) is 31.7 Å². The van der Waals surface area contributed by atoms with E-state index in [-0.39, 0.29) is 17.9 Å². The topological polar surface area (TPSA) is 66.5 Å². The lowest BCUT2D eigenvalue weighted by molar-refractivity contribution is -0.126. The summed E-state index contributed by atoms with van der Waals surface area (Å²) in [4.78, 5) is 14.5. The van der Waals surface area contributed by atoms with Gasteiger partial charge in [-0.3, -0.25) is 4.79 Å². The van der Waals surface area contributed by atoms with Gasteiger partial charge in [0.1, 0.15) is 0 Å². The Kier molecular flexibility index (Phi) is 6.79. The third kappa shape index (κ3) is 4.80. The Morgan fingerprint density at radius 3 is 2.34 bits per heavy atom. The second kappa shape index (κ2) is 9.57. The van der Waals surface area contributed by atoms with Crippen LogP contribution in [0.3, 0.4) is 0 Å². The summed E-state index contributed by atoms with van der Waals surface area (Å²) in [7, 11) is -3.55. The summed E-state index contributed by atoms with van der Waals surface area (Å²) in [5, 5.41) is 5.22. The molecule has 168 valence electrons. The van der Waals surface area contributed by atoms with Crippen LogP contribution < -0.4 is 5.32 Å². The number of thiophene rings is 1. The number of piperidine rings is 1. The van der Waals surface area contributed by atoms with E-state index in [0.717, 1.165) is 21.6 Å². The highest BCUT2D eigenvalue weighted by Gasteiger charge is 2.33. The first-order chi connectivity index (χ1) is 15.4. The molecule has 1 saturated heterocycles. The van der Waals surface area contributed by atoms with Crippen LogP contribution in [0.15, 0.2) is 70.9 Å². The molecule has 0 radical (unpaired) electrons. The van der Waals surface area contributed by atoms with E-state index in [4.69, 9.17) is 0 Å². The summed E-state index contributed by atoms with van der Waals surface area (Å²) in [6.45, 7) is 4.58. The summed E-state index contributed by atoms with van der Waals surface area (Å²) >= 11 is 1.62. The molecule has 1 aliphatic heterocycles. The number of benzene rings is 2. The Morgan fingerprint density at radius 1 is 1.00 bits per heavy atom. The standard InChI is InChI=1S/C25H28N2O3S2/c1-18-10-11-22(17-19(18)2)32(29,30)27-14-12-21(13-15-27)25(28)26-24(23-9-6-16-31-23)20-7-4-3-5-8-20/h3-11,16-17,21,24H,12-15H2,1-2H3,(H,26,28). The molecule has 0 bridgehead atoms. The SMILES string of the molecule is Cc1ccc(S(=O)(=O)N2CCC(C(=O)NC(c3ccccc3)c3cccs3)CC2)cc1C. The van der Waals surface area contributed by atoms with E-state index in [2.05, 4.69) is 5.32 Å². The molecule has 1 amide bonds. The van der Waals surface area contributed by atoms with E-state index >= 15 is 0 Å². The smallest absolute Gasteiger partial charge is 0.243 e. The van der Waals surface area contributed by atoms with Crippen molar-refractivity contribution in [3.63, 3.8) is 0 Å². The quantitative estimate of drug-likeness (QED) is 0.572. The molecule has 1 aliphatic rings. The van der Waals surface area contributed by atoms with Gasteiger partial charge in [-0.05, 0) is 67.0 Å². The van der Waals surface area contributed by atoms with Crippen LogP contribution in [0, 0.1) is 19.8 Å². The van der Waals surface area contributed by atoms with Crippen LogP contribution in [0.4, 0.5) is 0 Å². The number of aryl methyl sites for hydroxylation is 2. The molecule has 3 aromatic rings. The summed E-state index contributed by atoms with van der Waals surface area (Å²) in [6.07, 6.45) is 1.03. The highest BCUT2D eigenvalue weighted by atomic mass is 32.2. The zero-order valence-electron chi connectivity index (χ0n) is 18.3. The van der Waals surface area contributed by atoms with Crippen molar-refractivity contribution in [3.05, 3.63) is 87.6 Å². The highest BCUT2D eigenvalue weighted by Crippen LogP contribution is 2.29. The fourth-order valence-electron chi connectivity index (χ4n) is 4.06. The van der Waals surface area contributed by atoms with Crippen LogP contribution >= 0.6 is 11.3 Å². The molecule has 1 N–H and O–H groups in total. The van der Waals surface area contributed by atoms with Crippen LogP contribution in [0.25, 0.3) is 0 Å². The van der Waals surface area contributed by atoms with E-state index in [9.17, 15) is 13.2 Å². The van der Waals surface area contributed by atoms with Gasteiger partial charge in [-0.25, -0.2) is 8.42 Å². The van der Waals surface area contributed by atoms with Gasteiger partial charge in [0.05, 0.1) is 10.9 Å². The zero-order chi connectivity index (χ0) is 22.7. The minimum absolute atomic E-state index is 0.0181. The summed E-state index contributed by atoms with van der Waals surface area (Å²) in [5.41, 5.74) is 3.07. The largest absolute Gasteiger partial charge is 0.344 e. The van der Waals surface area contributed by atoms with Crippen molar-refractivity contribution >= 4 is 27.3 Å². The molecule has 1 unspecified atom stereocenters. The van der Waals surface area contributed by atoms with E-state index in [1.807, 2.05) is 67.8 Å². The molecule has 4 rings (SSSR count). The fraction of sp³-hybridized carbons (Fsp3) is 0.320. The number of amides is 1. The lowest BCUT2D eigenvalue weighted by Gasteiger charge is -2.31. The molecule has 7 heteroatoms. The monoisotopic (exact) mass is 468 g/mol. The third-order valence-electron chi connectivity index (χ3n) is 6.19. The first-order valence-electron chi connectivity index (χ1n) is 10.8. The van der Waals surface area contributed by atoms with Crippen LogP contribution in [0.1, 0.15) is 40.5 Å². The molecule has 1 atom stereocenters. The Bertz CT molecular complexity index is 1170. The van der Waals surface area contributed by atoms with E-state index in [1.165, 1.54) is 4.31 Å². The number of hydrogen-bond acceptors (Lipinski definition) is 4. The average Bonchev–Trinajstić information content (AvgIpc) is 3.34. The number of sulfonamides is 1. The minimum Gasteiger partial charge on any atom is -0.344 e. The maximum atomic E-state index is 13.1. The van der Waals surface area contributed by atoms with Crippen LogP contribution in [0.2, 0.25) is 0 Å². The number of nitrogens with zero attached hydrogens (tertiary/aromatic N) is 1. The molecule has 0 spiro atoms. The van der Waals surface area contributed by atoms with Crippen molar-refractivity contribution in [1.82, 2.24) is 9.62 Å². The van der Waals surface area contributed by atoms with Crippen LogP contribution in [-0.2, 0) is 14.8 Å². The molecule has 1 aromatic heterocycles. The number of nitrogens with one attached hydrogen (secondary N) is 1. The van der Waals surface area contributed by atoms with Gasteiger partial charge < -0.3 is 5.32 Å². The second-order valence-electron chi connectivity index (χ2n) is 8.29. The number of hydrogen-bond donors (Lipinski definition) is 1. The molecule has 5 nitrogen and oxygen atoms in total. The van der Waals surface area contributed by atoms with E-state index in [0.29, 0.717) is 30.8 Å². The van der Waals surface area contributed by atoms with Crippen molar-refractivity contribution in [2.24, 2.45) is 5.92 Å². The number of carbonyl (C=O) groups excluding carboxylic acids is 1. The predicted octanol–water partition coefficient (Wildman–Crippen LogP) is 4.67. The van der Waals surface area contributed by atoms with E-state index in [1.54, 1.807) is 23.5 Å². The van der Waals surface area contributed by atoms with Gasteiger partial charge in [0, 0.05) is 23.9 Å². The maximum absolute atomic E-state index is 13.1. The lowest BCUT2D eigenvalue weighted by Crippen LogP contribution is -2.43.